The van der Waals surface area contributed by atoms with Crippen molar-refractivity contribution in [2.75, 3.05) is 0 Å². The lowest BCUT2D eigenvalue weighted by Crippen LogP contribution is -2.31. The number of nitrogens with two attached hydrogens (primary N) is 1. The number of aliphatic carboxylic acids is 1. The lowest BCUT2D eigenvalue weighted by Gasteiger charge is -2.23. The summed E-state index contributed by atoms with van der Waals surface area (Å²) in [7, 11) is 0. The summed E-state index contributed by atoms with van der Waals surface area (Å²) in [5.74, 6) is -0.796. The number of H-pyrrole nitrogens is 1. The number of aryl methyl sites for hydroxylation is 1. The molecule has 180 valence electrons. The molecule has 0 radical (unpaired) electrons. The summed E-state index contributed by atoms with van der Waals surface area (Å²) in [6.07, 6.45) is 1.33. The number of carboxylic acid groups (broad SMARTS) is 1. The van der Waals surface area contributed by atoms with E-state index in [0.29, 0.717) is 17.7 Å². The number of fused-ring (bicyclic) bond motifs is 1. The van der Waals surface area contributed by atoms with Crippen LogP contribution in [-0.2, 0) is 16.8 Å². The van der Waals surface area contributed by atoms with Crippen molar-refractivity contribution in [1.82, 2.24) is 4.98 Å². The average Bonchev–Trinajstić information content (AvgIpc) is 3.16. The lowest BCUT2D eigenvalue weighted by molar-refractivity contribution is -0.136. The highest BCUT2D eigenvalue weighted by Gasteiger charge is 2.20. The van der Waals surface area contributed by atoms with E-state index in [-0.39, 0.29) is 12.3 Å². The van der Waals surface area contributed by atoms with Gasteiger partial charge in [-0.15, -0.1) is 0 Å². The molecule has 0 spiro atoms. The number of nitrogens with zero attached hydrogens (tertiary/aromatic N) is 1. The van der Waals surface area contributed by atoms with E-state index >= 15 is 0 Å². The summed E-state index contributed by atoms with van der Waals surface area (Å²) in [4.78, 5) is 18.9. The smallest absolute Gasteiger partial charge is 0.303 e. The topological polar surface area (TPSA) is 112 Å². The fourth-order valence-electron chi connectivity index (χ4n) is 3.99. The summed E-state index contributed by atoms with van der Waals surface area (Å²) in [6.45, 7) is 4.06. The Kier molecular flexibility index (Phi) is 7.10. The number of rotatable bonds is 8. The minimum Gasteiger partial charge on any atom is -0.494 e. The summed E-state index contributed by atoms with van der Waals surface area (Å²) >= 11 is 3.48. The van der Waals surface area contributed by atoms with Gasteiger partial charge in [-0.05, 0) is 55.2 Å². The molecule has 35 heavy (non-hydrogen) atoms. The Labute approximate surface area is 212 Å². The highest BCUT2D eigenvalue weighted by Crippen LogP contribution is 2.33. The number of aromatic amines is 1. The monoisotopic (exact) mass is 533 g/mol. The molecule has 6 nitrogen and oxygen atoms in total. The summed E-state index contributed by atoms with van der Waals surface area (Å²) in [5.41, 5.74) is 11.5. The second kappa shape index (κ2) is 10.1. The van der Waals surface area contributed by atoms with Crippen molar-refractivity contribution in [3.8, 4) is 5.88 Å². The van der Waals surface area contributed by atoms with Crippen LogP contribution in [0.5, 0.6) is 5.88 Å². The number of benzene rings is 3. The fraction of sp³-hybridized carbons (Fsp3) is 0.214. The Hall–Kier alpha value is -3.42. The molecule has 1 heterocycles. The maximum atomic E-state index is 10.9. The van der Waals surface area contributed by atoms with E-state index < -0.39 is 11.5 Å². The van der Waals surface area contributed by atoms with Crippen molar-refractivity contribution < 1.29 is 15.0 Å². The molecule has 1 unspecified atom stereocenters. The number of carbonyl (C=O) groups is 1. The van der Waals surface area contributed by atoms with Gasteiger partial charge in [0.25, 0.3) is 0 Å². The minimum absolute atomic E-state index is 0.0314. The van der Waals surface area contributed by atoms with Crippen molar-refractivity contribution in [2.45, 2.75) is 38.6 Å². The number of aromatic hydroxyl groups is 1. The van der Waals surface area contributed by atoms with Gasteiger partial charge in [0.05, 0.1) is 22.5 Å². The van der Waals surface area contributed by atoms with Crippen molar-refractivity contribution in [2.24, 2.45) is 10.7 Å². The predicted octanol–water partition coefficient (Wildman–Crippen LogP) is 6.41. The van der Waals surface area contributed by atoms with E-state index in [4.69, 9.17) is 15.8 Å². The second-order valence-electron chi connectivity index (χ2n) is 8.91. The average molecular weight is 534 g/mol. The van der Waals surface area contributed by atoms with Gasteiger partial charge in [0.2, 0.25) is 0 Å². The molecule has 3 aromatic carbocycles. The first kappa shape index (κ1) is 24.7. The van der Waals surface area contributed by atoms with Crippen LogP contribution in [0.3, 0.4) is 0 Å². The van der Waals surface area contributed by atoms with E-state index in [1.165, 1.54) is 0 Å². The van der Waals surface area contributed by atoms with Crippen molar-refractivity contribution in [3.63, 3.8) is 0 Å². The van der Waals surface area contributed by atoms with E-state index in [0.717, 1.165) is 44.2 Å². The van der Waals surface area contributed by atoms with Crippen LogP contribution >= 0.6 is 15.9 Å². The number of carboxylic acids is 1. The molecule has 1 atom stereocenters. The molecule has 0 fully saturated rings. The van der Waals surface area contributed by atoms with Gasteiger partial charge >= 0.3 is 5.97 Å². The van der Waals surface area contributed by atoms with Gasteiger partial charge in [-0.1, -0.05) is 65.3 Å². The van der Waals surface area contributed by atoms with Crippen LogP contribution in [0, 0.1) is 0 Å². The van der Waals surface area contributed by atoms with Crippen molar-refractivity contribution in [3.05, 3.63) is 93.5 Å². The van der Waals surface area contributed by atoms with E-state index in [2.05, 4.69) is 27.8 Å². The van der Waals surface area contributed by atoms with Gasteiger partial charge in [-0.3, -0.25) is 4.79 Å². The molecule has 0 saturated heterocycles. The molecular weight excluding hydrogens is 506 g/mol. The predicted molar refractivity (Wildman–Crippen MR) is 144 cm³/mol. The zero-order chi connectivity index (χ0) is 25.2. The van der Waals surface area contributed by atoms with Crippen LogP contribution < -0.4 is 5.73 Å². The molecule has 0 amide bonds. The minimum atomic E-state index is -0.827. The molecule has 0 aliphatic carbocycles. The standard InChI is InChI=1S/C28H28BrN3O3/c1-3-28(2,30)19-9-12-21(13-10-19)31-26(18-7-4-17(5-8-18)6-15-24(33)34)25-22-14-11-20(29)16-23(22)32-27(25)35/h4-5,7-14,16,32,35H,3,6,15,30H2,1-2H3,(H,33,34). The van der Waals surface area contributed by atoms with Gasteiger partial charge in [0, 0.05) is 27.4 Å². The Balaban J connectivity index is 1.82. The molecule has 0 saturated carbocycles. The third-order valence-electron chi connectivity index (χ3n) is 6.33. The first-order chi connectivity index (χ1) is 16.7. The van der Waals surface area contributed by atoms with E-state index in [9.17, 15) is 9.90 Å². The van der Waals surface area contributed by atoms with Gasteiger partial charge in [-0.2, -0.15) is 0 Å². The number of aromatic nitrogens is 1. The highest BCUT2D eigenvalue weighted by molar-refractivity contribution is 9.10. The molecule has 0 aliphatic heterocycles. The number of aliphatic imine (C=N–C) groups is 1. The van der Waals surface area contributed by atoms with Crippen molar-refractivity contribution >= 4 is 44.2 Å². The molecule has 1 aromatic heterocycles. The second-order valence-corrected chi connectivity index (χ2v) is 9.82. The third-order valence-corrected chi connectivity index (χ3v) is 6.83. The molecule has 7 heteroatoms. The third kappa shape index (κ3) is 5.47. The van der Waals surface area contributed by atoms with E-state index in [1.807, 2.05) is 73.7 Å². The highest BCUT2D eigenvalue weighted by atomic mass is 79.9. The summed E-state index contributed by atoms with van der Waals surface area (Å²) in [6, 6.07) is 21.2. The first-order valence-electron chi connectivity index (χ1n) is 11.5. The molecule has 4 aromatic rings. The van der Waals surface area contributed by atoms with Crippen LogP contribution in [0.25, 0.3) is 10.9 Å². The molecule has 5 N–H and O–H groups in total. The number of hydrogen-bond acceptors (Lipinski definition) is 4. The van der Waals surface area contributed by atoms with Crippen LogP contribution in [0.15, 0.2) is 76.2 Å². The first-order valence-corrected chi connectivity index (χ1v) is 12.3. The van der Waals surface area contributed by atoms with Gasteiger partial charge in [0.15, 0.2) is 5.88 Å². The molecular formula is C28H28BrN3O3. The maximum absolute atomic E-state index is 10.9. The Morgan fingerprint density at radius 2 is 1.77 bits per heavy atom. The van der Waals surface area contributed by atoms with Crippen LogP contribution in [-0.4, -0.2) is 26.9 Å². The van der Waals surface area contributed by atoms with Crippen LogP contribution in [0.1, 0.15) is 48.9 Å². The quantitative estimate of drug-likeness (QED) is 0.196. The van der Waals surface area contributed by atoms with Crippen molar-refractivity contribution in [1.29, 1.82) is 0 Å². The largest absolute Gasteiger partial charge is 0.494 e. The van der Waals surface area contributed by atoms with Crippen LogP contribution in [0.2, 0.25) is 0 Å². The Bertz CT molecular complexity index is 1390. The molecule has 0 bridgehead atoms. The van der Waals surface area contributed by atoms with Gasteiger partial charge < -0.3 is 20.9 Å². The van der Waals surface area contributed by atoms with Gasteiger partial charge in [-0.25, -0.2) is 4.99 Å². The Morgan fingerprint density at radius 1 is 1.09 bits per heavy atom. The maximum Gasteiger partial charge on any atom is 0.303 e. The normalized spacial score (nSPS) is 13.7. The lowest BCUT2D eigenvalue weighted by atomic mass is 9.90. The Morgan fingerprint density at radius 3 is 2.40 bits per heavy atom. The van der Waals surface area contributed by atoms with E-state index in [1.54, 1.807) is 0 Å². The SMILES string of the molecule is CCC(C)(N)c1ccc(N=C(c2ccc(CCC(=O)O)cc2)c2c(O)[nH]c3cc(Br)ccc23)cc1. The molecule has 0 aliphatic rings. The number of halogens is 1. The summed E-state index contributed by atoms with van der Waals surface area (Å²) in [5, 5.41) is 20.7. The van der Waals surface area contributed by atoms with Crippen LogP contribution in [0.4, 0.5) is 5.69 Å². The zero-order valence-electron chi connectivity index (χ0n) is 19.7. The fourth-order valence-corrected chi connectivity index (χ4v) is 4.35. The zero-order valence-corrected chi connectivity index (χ0v) is 21.3. The number of hydrogen-bond donors (Lipinski definition) is 4. The number of nitrogens with one attached hydrogen (secondary N) is 1. The molecule has 4 rings (SSSR count). The summed E-state index contributed by atoms with van der Waals surface area (Å²) < 4.78 is 0.899. The van der Waals surface area contributed by atoms with Gasteiger partial charge in [0.1, 0.15) is 0 Å².